The van der Waals surface area contributed by atoms with E-state index in [0.717, 1.165) is 34.1 Å². The Balaban J connectivity index is 1.84. The summed E-state index contributed by atoms with van der Waals surface area (Å²) in [4.78, 5) is 4.43. The Morgan fingerprint density at radius 2 is 1.81 bits per heavy atom. The number of nitrogens with zero attached hydrogens (tertiary/aromatic N) is 8. The van der Waals surface area contributed by atoms with Crippen molar-refractivity contribution in [3.8, 4) is 0 Å². The van der Waals surface area contributed by atoms with E-state index in [2.05, 4.69) is 67.1 Å². The molecule has 9 nitrogen and oxygen atoms in total. The van der Waals surface area contributed by atoms with Crippen molar-refractivity contribution in [2.45, 2.75) is 27.3 Å². The third kappa shape index (κ3) is 2.75. The number of nitrogens with one attached hydrogen (secondary N) is 1. The molecule has 134 valence electrons. The summed E-state index contributed by atoms with van der Waals surface area (Å²) in [5, 5.41) is 20.3. The number of aryl methyl sites for hydroxylation is 2. The first kappa shape index (κ1) is 17.3. The Kier molecular flexibility index (Phi) is 4.35. The van der Waals surface area contributed by atoms with Gasteiger partial charge < -0.3 is 5.32 Å². The number of aromatic nitrogens is 8. The van der Waals surface area contributed by atoms with E-state index in [4.69, 9.17) is 0 Å². The van der Waals surface area contributed by atoms with E-state index in [9.17, 15) is 0 Å². The van der Waals surface area contributed by atoms with E-state index in [1.807, 2.05) is 42.0 Å². The Morgan fingerprint density at radius 1 is 1.04 bits per heavy atom. The maximum atomic E-state index is 4.43. The van der Waals surface area contributed by atoms with Crippen LogP contribution in [0, 0.1) is 13.8 Å². The van der Waals surface area contributed by atoms with Crippen molar-refractivity contribution in [2.75, 3.05) is 11.9 Å². The van der Waals surface area contributed by atoms with Gasteiger partial charge in [0, 0.05) is 35.6 Å². The van der Waals surface area contributed by atoms with Gasteiger partial charge in [0.05, 0.1) is 6.20 Å². The van der Waals surface area contributed by atoms with Gasteiger partial charge in [0.25, 0.3) is 4.60 Å². The molecule has 0 amide bonds. The van der Waals surface area contributed by atoms with Crippen LogP contribution in [0.25, 0.3) is 11.3 Å². The minimum atomic E-state index is 0.526. The fraction of sp³-hybridized carbons (Fsp3) is 0.333. The summed E-state index contributed by atoms with van der Waals surface area (Å²) < 4.78 is 7.60. The minimum absolute atomic E-state index is 0.526. The number of hydrogen-bond donors (Lipinski definition) is 1. The van der Waals surface area contributed by atoms with Crippen molar-refractivity contribution in [3.63, 3.8) is 0 Å². The van der Waals surface area contributed by atoms with Crippen molar-refractivity contribution < 1.29 is 4.57 Å². The van der Waals surface area contributed by atoms with Gasteiger partial charge in [-0.15, -0.1) is 20.4 Å². The molecule has 0 saturated carbocycles. The fourth-order valence-corrected chi connectivity index (χ4v) is 3.85. The van der Waals surface area contributed by atoms with Crippen molar-refractivity contribution >= 4 is 49.0 Å². The second-order valence-electron chi connectivity index (χ2n) is 5.82. The second-order valence-corrected chi connectivity index (χ2v) is 7.44. The van der Waals surface area contributed by atoms with Crippen LogP contribution in [-0.4, -0.2) is 40.7 Å². The van der Waals surface area contributed by atoms with Crippen LogP contribution in [0.1, 0.15) is 24.3 Å². The topological polar surface area (TPSA) is 89.2 Å². The van der Waals surface area contributed by atoms with Crippen LogP contribution in [0.5, 0.6) is 0 Å². The molecule has 0 spiro atoms. The van der Waals surface area contributed by atoms with Gasteiger partial charge in [-0.25, -0.2) is 4.98 Å². The normalized spacial score (nSPS) is 11.6. The molecule has 0 aromatic carbocycles. The molecule has 4 rings (SSSR count). The van der Waals surface area contributed by atoms with Gasteiger partial charge in [-0.3, -0.25) is 8.80 Å². The van der Waals surface area contributed by atoms with Crippen LogP contribution in [0.15, 0.2) is 21.6 Å². The Morgan fingerprint density at radius 3 is 2.58 bits per heavy atom. The highest BCUT2D eigenvalue weighted by Crippen LogP contribution is 2.18. The smallest absolute Gasteiger partial charge is 0.265 e. The lowest BCUT2D eigenvalue weighted by Gasteiger charge is -2.06. The monoisotopic (exact) mass is 480 g/mol. The minimum Gasteiger partial charge on any atom is -0.367 e. The number of fused-ring (bicyclic) bond motifs is 2. The van der Waals surface area contributed by atoms with Crippen LogP contribution in [0.4, 0.5) is 5.82 Å². The summed E-state index contributed by atoms with van der Waals surface area (Å²) >= 11 is 7.10. The zero-order valence-electron chi connectivity index (χ0n) is 14.4. The molecule has 1 N–H and O–H groups in total. The number of anilines is 1. The first-order valence-corrected chi connectivity index (χ1v) is 9.62. The van der Waals surface area contributed by atoms with Crippen LogP contribution in [-0.2, 0) is 6.54 Å². The lowest BCUT2D eigenvalue weighted by molar-refractivity contribution is -0.705. The van der Waals surface area contributed by atoms with Gasteiger partial charge >= 0.3 is 0 Å². The highest BCUT2D eigenvalue weighted by atomic mass is 79.9. The zero-order chi connectivity index (χ0) is 18.4. The highest BCUT2D eigenvalue weighted by Gasteiger charge is 2.23. The van der Waals surface area contributed by atoms with E-state index < -0.39 is 0 Å². The molecule has 4 aromatic rings. The molecule has 0 unspecified atom stereocenters. The molecular weight excluding hydrogens is 466 g/mol. The van der Waals surface area contributed by atoms with E-state index in [-0.39, 0.29) is 0 Å². The summed E-state index contributed by atoms with van der Waals surface area (Å²) in [5.41, 5.74) is 2.49. The third-order valence-corrected chi connectivity index (χ3v) is 5.18. The summed E-state index contributed by atoms with van der Waals surface area (Å²) in [7, 11) is 0. The molecule has 0 atom stereocenters. The van der Waals surface area contributed by atoms with Gasteiger partial charge in [-0.2, -0.15) is 4.57 Å². The average Bonchev–Trinajstić information content (AvgIpc) is 3.16. The first-order chi connectivity index (χ1) is 12.5. The molecule has 0 radical (unpaired) electrons. The van der Waals surface area contributed by atoms with Crippen molar-refractivity contribution in [2.24, 2.45) is 0 Å². The third-order valence-electron chi connectivity index (χ3n) is 4.16. The van der Waals surface area contributed by atoms with E-state index in [1.54, 1.807) is 0 Å². The second kappa shape index (κ2) is 6.54. The molecule has 26 heavy (non-hydrogen) atoms. The van der Waals surface area contributed by atoms with Crippen LogP contribution in [0.3, 0.4) is 0 Å². The first-order valence-electron chi connectivity index (χ1n) is 8.04. The predicted molar refractivity (Wildman–Crippen MR) is 102 cm³/mol. The standard InChI is InChI=1S/C15H16Br2N9/c1-4-18-13-15-23-21-12(26(15)5-10(16)19-13)7-24-8(2)14-22-20-9(3)25(14)6-11(24)17/h5-6H,4,7H2,1-3H3,(H,18,19)/q+1. The molecule has 0 fully saturated rings. The average molecular weight is 482 g/mol. The van der Waals surface area contributed by atoms with Crippen molar-refractivity contribution in [3.05, 3.63) is 38.9 Å². The molecular formula is C15H16Br2N9+. The molecule has 0 aliphatic rings. The Bertz CT molecular complexity index is 1130. The number of halogens is 2. The van der Waals surface area contributed by atoms with E-state index in [1.165, 1.54) is 0 Å². The molecule has 0 saturated heterocycles. The van der Waals surface area contributed by atoms with Crippen molar-refractivity contribution in [1.82, 2.24) is 34.2 Å². The van der Waals surface area contributed by atoms with Crippen LogP contribution < -0.4 is 9.88 Å². The van der Waals surface area contributed by atoms with E-state index in [0.29, 0.717) is 22.6 Å². The molecule has 4 heterocycles. The largest absolute Gasteiger partial charge is 0.367 e. The molecule has 0 aliphatic heterocycles. The van der Waals surface area contributed by atoms with E-state index >= 15 is 0 Å². The SMILES string of the molecule is CCNc1nc(Br)cn2c(C[n+]3c(Br)cn4c(C)nnc4c3C)nnc12. The van der Waals surface area contributed by atoms with Gasteiger partial charge in [-0.05, 0) is 29.8 Å². The number of rotatable bonds is 4. The fourth-order valence-electron chi connectivity index (χ4n) is 2.87. The van der Waals surface area contributed by atoms with Crippen LogP contribution >= 0.6 is 31.9 Å². The molecule has 11 heteroatoms. The van der Waals surface area contributed by atoms with Gasteiger partial charge in [0.1, 0.15) is 10.4 Å². The predicted octanol–water partition coefficient (Wildman–Crippen LogP) is 2.08. The van der Waals surface area contributed by atoms with Gasteiger partial charge in [0.15, 0.2) is 5.82 Å². The van der Waals surface area contributed by atoms with Gasteiger partial charge in [-0.1, -0.05) is 0 Å². The maximum Gasteiger partial charge on any atom is 0.265 e. The summed E-state index contributed by atoms with van der Waals surface area (Å²) in [6.07, 6.45) is 3.83. The number of hydrogen-bond acceptors (Lipinski definition) is 6. The van der Waals surface area contributed by atoms with Gasteiger partial charge in [0.2, 0.25) is 29.4 Å². The quantitative estimate of drug-likeness (QED) is 0.449. The van der Waals surface area contributed by atoms with Crippen LogP contribution in [0.2, 0.25) is 0 Å². The van der Waals surface area contributed by atoms with Crippen molar-refractivity contribution in [1.29, 1.82) is 0 Å². The maximum absolute atomic E-state index is 4.43. The summed E-state index contributed by atoms with van der Waals surface area (Å²) in [6.45, 7) is 7.23. The summed E-state index contributed by atoms with van der Waals surface area (Å²) in [6, 6.07) is 0. The summed E-state index contributed by atoms with van der Waals surface area (Å²) in [5.74, 6) is 2.33. The zero-order valence-corrected chi connectivity index (χ0v) is 17.6. The lowest BCUT2D eigenvalue weighted by Crippen LogP contribution is -2.41. The molecule has 4 aromatic heterocycles. The Hall–Kier alpha value is -2.14. The lowest BCUT2D eigenvalue weighted by atomic mass is 10.4. The Labute approximate surface area is 165 Å². The molecule has 0 aliphatic carbocycles. The highest BCUT2D eigenvalue weighted by molar-refractivity contribution is 9.10. The molecule has 0 bridgehead atoms.